The van der Waals surface area contributed by atoms with E-state index in [4.69, 9.17) is 10.5 Å². The van der Waals surface area contributed by atoms with Crippen LogP contribution < -0.4 is 5.73 Å². The Balaban J connectivity index is 2.67. The predicted molar refractivity (Wildman–Crippen MR) is 69.9 cm³/mol. The zero-order valence-electron chi connectivity index (χ0n) is 11.0. The Bertz CT molecular complexity index is 330. The highest BCUT2D eigenvalue weighted by atomic mass is 16.5. The first-order valence-electron chi connectivity index (χ1n) is 6.09. The topological polar surface area (TPSA) is 51.4 Å². The van der Waals surface area contributed by atoms with Crippen molar-refractivity contribution in [2.45, 2.75) is 19.9 Å². The number of hydrogen-bond donors (Lipinski definition) is 1. The first-order valence-corrected chi connectivity index (χ1v) is 6.09. The van der Waals surface area contributed by atoms with E-state index in [1.165, 1.54) is 11.1 Å². The predicted octanol–water partition coefficient (Wildman–Crippen LogP) is 1.36. The molecule has 0 saturated heterocycles. The zero-order valence-corrected chi connectivity index (χ0v) is 11.0. The molecule has 17 heavy (non-hydrogen) atoms. The van der Waals surface area contributed by atoms with Crippen molar-refractivity contribution in [3.63, 3.8) is 0 Å². The van der Waals surface area contributed by atoms with Gasteiger partial charge < -0.3 is 10.5 Å². The third kappa shape index (κ3) is 4.07. The number of ether oxygens (including phenoxy) is 1. The van der Waals surface area contributed by atoms with Crippen LogP contribution >= 0.6 is 0 Å². The van der Waals surface area contributed by atoms with Gasteiger partial charge in [0.15, 0.2) is 0 Å². The molecule has 1 unspecified atom stereocenters. The highest BCUT2D eigenvalue weighted by Gasteiger charge is 2.17. The van der Waals surface area contributed by atoms with Crippen molar-refractivity contribution in [2.24, 2.45) is 5.73 Å². The van der Waals surface area contributed by atoms with Crippen LogP contribution in [0.3, 0.4) is 0 Å². The molecule has 1 heterocycles. The van der Waals surface area contributed by atoms with Gasteiger partial charge in [0, 0.05) is 38.1 Å². The highest BCUT2D eigenvalue weighted by Crippen LogP contribution is 2.20. The number of nitrogens with two attached hydrogens (primary N) is 1. The van der Waals surface area contributed by atoms with Gasteiger partial charge in [-0.25, -0.2) is 0 Å². The lowest BCUT2D eigenvalue weighted by molar-refractivity contribution is 0.108. The van der Waals surface area contributed by atoms with Gasteiger partial charge in [0.05, 0.1) is 6.61 Å². The summed E-state index contributed by atoms with van der Waals surface area (Å²) < 4.78 is 5.37. The van der Waals surface area contributed by atoms with Gasteiger partial charge in [-0.05, 0) is 38.1 Å². The lowest BCUT2D eigenvalue weighted by Gasteiger charge is -2.28. The summed E-state index contributed by atoms with van der Waals surface area (Å²) in [7, 11) is 2.07. The van der Waals surface area contributed by atoms with Crippen molar-refractivity contribution in [1.29, 1.82) is 0 Å². The number of pyridine rings is 1. The Morgan fingerprint density at radius 1 is 1.53 bits per heavy atom. The molecule has 0 aromatic carbocycles. The van der Waals surface area contributed by atoms with Crippen molar-refractivity contribution in [3.8, 4) is 0 Å². The average Bonchev–Trinajstić information content (AvgIpc) is 2.33. The molecule has 1 aromatic rings. The normalized spacial score (nSPS) is 13.0. The smallest absolute Gasteiger partial charge is 0.0593 e. The van der Waals surface area contributed by atoms with Crippen molar-refractivity contribution in [1.82, 2.24) is 9.88 Å². The third-order valence-electron chi connectivity index (χ3n) is 2.99. The molecule has 0 fully saturated rings. The van der Waals surface area contributed by atoms with Crippen LogP contribution in [0.4, 0.5) is 0 Å². The highest BCUT2D eigenvalue weighted by molar-refractivity contribution is 5.25. The van der Waals surface area contributed by atoms with Crippen LogP contribution in [0.25, 0.3) is 0 Å². The average molecular weight is 237 g/mol. The SMILES string of the molecule is CCOCCN(C)C(CN)c1cnccc1C. The summed E-state index contributed by atoms with van der Waals surface area (Å²) in [4.78, 5) is 6.40. The molecular weight excluding hydrogens is 214 g/mol. The molecule has 0 saturated carbocycles. The number of aromatic nitrogens is 1. The van der Waals surface area contributed by atoms with Crippen molar-refractivity contribution >= 4 is 0 Å². The minimum absolute atomic E-state index is 0.212. The molecule has 4 nitrogen and oxygen atoms in total. The number of rotatable bonds is 7. The van der Waals surface area contributed by atoms with E-state index >= 15 is 0 Å². The molecule has 1 atom stereocenters. The Hall–Kier alpha value is -0.970. The van der Waals surface area contributed by atoms with Gasteiger partial charge in [0.2, 0.25) is 0 Å². The lowest BCUT2D eigenvalue weighted by Crippen LogP contribution is -2.33. The van der Waals surface area contributed by atoms with Gasteiger partial charge in [-0.15, -0.1) is 0 Å². The van der Waals surface area contributed by atoms with Crippen LogP contribution in [0.2, 0.25) is 0 Å². The monoisotopic (exact) mass is 237 g/mol. The Labute approximate surface area is 104 Å². The van der Waals surface area contributed by atoms with Crippen LogP contribution in [0, 0.1) is 6.92 Å². The number of hydrogen-bond acceptors (Lipinski definition) is 4. The van der Waals surface area contributed by atoms with Crippen molar-refractivity contribution in [2.75, 3.05) is 33.4 Å². The minimum atomic E-state index is 0.212. The summed E-state index contributed by atoms with van der Waals surface area (Å²) in [6, 6.07) is 2.23. The van der Waals surface area contributed by atoms with Gasteiger partial charge in [-0.2, -0.15) is 0 Å². The summed E-state index contributed by atoms with van der Waals surface area (Å²) in [5, 5.41) is 0. The molecule has 2 N–H and O–H groups in total. The first-order chi connectivity index (χ1) is 8.20. The fourth-order valence-electron chi connectivity index (χ4n) is 1.88. The maximum Gasteiger partial charge on any atom is 0.0593 e. The summed E-state index contributed by atoms with van der Waals surface area (Å²) in [6.07, 6.45) is 3.72. The van der Waals surface area contributed by atoms with Crippen LogP contribution in [-0.2, 0) is 4.74 Å². The van der Waals surface area contributed by atoms with Gasteiger partial charge >= 0.3 is 0 Å². The second-order valence-electron chi connectivity index (χ2n) is 4.16. The molecule has 0 spiro atoms. The van der Waals surface area contributed by atoms with E-state index in [0.717, 1.165) is 19.8 Å². The molecule has 0 aliphatic heterocycles. The number of likely N-dealkylation sites (N-methyl/N-ethyl adjacent to an activating group) is 1. The Morgan fingerprint density at radius 3 is 2.88 bits per heavy atom. The maximum atomic E-state index is 5.87. The molecule has 0 radical (unpaired) electrons. The quantitative estimate of drug-likeness (QED) is 0.727. The molecule has 0 aliphatic rings. The van der Waals surface area contributed by atoms with E-state index in [9.17, 15) is 0 Å². The van der Waals surface area contributed by atoms with E-state index in [-0.39, 0.29) is 6.04 Å². The molecule has 96 valence electrons. The van der Waals surface area contributed by atoms with Crippen molar-refractivity contribution < 1.29 is 4.74 Å². The third-order valence-corrected chi connectivity index (χ3v) is 2.99. The number of aryl methyl sites for hydroxylation is 1. The summed E-state index contributed by atoms with van der Waals surface area (Å²) in [6.45, 7) is 7.07. The Morgan fingerprint density at radius 2 is 2.29 bits per heavy atom. The largest absolute Gasteiger partial charge is 0.380 e. The molecule has 4 heteroatoms. The molecule has 0 amide bonds. The van der Waals surface area contributed by atoms with Gasteiger partial charge in [-0.3, -0.25) is 9.88 Å². The summed E-state index contributed by atoms with van der Waals surface area (Å²) in [5.74, 6) is 0. The van der Waals surface area contributed by atoms with E-state index in [1.54, 1.807) is 0 Å². The van der Waals surface area contributed by atoms with Crippen molar-refractivity contribution in [3.05, 3.63) is 29.6 Å². The van der Waals surface area contributed by atoms with Crippen LogP contribution in [0.1, 0.15) is 24.1 Å². The molecule has 1 aromatic heterocycles. The maximum absolute atomic E-state index is 5.87. The second-order valence-corrected chi connectivity index (χ2v) is 4.16. The van der Waals surface area contributed by atoms with Crippen LogP contribution in [0.5, 0.6) is 0 Å². The van der Waals surface area contributed by atoms with Gasteiger partial charge in [-0.1, -0.05) is 0 Å². The summed E-state index contributed by atoms with van der Waals surface area (Å²) >= 11 is 0. The zero-order chi connectivity index (χ0) is 12.7. The minimum Gasteiger partial charge on any atom is -0.380 e. The lowest BCUT2D eigenvalue weighted by atomic mass is 10.0. The molecule has 1 rings (SSSR count). The van der Waals surface area contributed by atoms with Gasteiger partial charge in [0.25, 0.3) is 0 Å². The van der Waals surface area contributed by atoms with E-state index in [2.05, 4.69) is 23.9 Å². The Kier molecular flexibility index (Phi) is 6.11. The first kappa shape index (κ1) is 14.1. The molecule has 0 bridgehead atoms. The summed E-state index contributed by atoms with van der Waals surface area (Å²) in [5.41, 5.74) is 8.31. The molecule has 0 aliphatic carbocycles. The fraction of sp³-hybridized carbons (Fsp3) is 0.615. The number of nitrogens with zero attached hydrogens (tertiary/aromatic N) is 2. The second kappa shape index (κ2) is 7.37. The van der Waals surface area contributed by atoms with Crippen LogP contribution in [0.15, 0.2) is 18.5 Å². The van der Waals surface area contributed by atoms with Gasteiger partial charge in [0.1, 0.15) is 0 Å². The molecular formula is C13H23N3O. The van der Waals surface area contributed by atoms with E-state index < -0.39 is 0 Å². The fourth-order valence-corrected chi connectivity index (χ4v) is 1.88. The van der Waals surface area contributed by atoms with Crippen LogP contribution in [-0.4, -0.2) is 43.2 Å². The van der Waals surface area contributed by atoms with E-state index in [1.807, 2.05) is 25.4 Å². The van der Waals surface area contributed by atoms with E-state index in [0.29, 0.717) is 6.54 Å². The standard InChI is InChI=1S/C13H23N3O/c1-4-17-8-7-16(3)13(9-14)12-10-15-6-5-11(12)2/h5-6,10,13H,4,7-9,14H2,1-3H3.